The Bertz CT molecular complexity index is 1150. The first-order valence-corrected chi connectivity index (χ1v) is 12.2. The van der Waals surface area contributed by atoms with E-state index < -0.39 is 12.0 Å². The molecule has 1 fully saturated rings. The topological polar surface area (TPSA) is 77.4 Å². The average Bonchev–Trinajstić information content (AvgIpc) is 3.17. The van der Waals surface area contributed by atoms with Crippen LogP contribution in [0.2, 0.25) is 0 Å². The van der Waals surface area contributed by atoms with Crippen LogP contribution in [-0.2, 0) is 20.9 Å². The summed E-state index contributed by atoms with van der Waals surface area (Å²) in [5.41, 5.74) is 2.67. The zero-order chi connectivity index (χ0) is 24.2. The summed E-state index contributed by atoms with van der Waals surface area (Å²) >= 11 is 1.43. The number of fused-ring (bicyclic) bond motifs is 1. The van der Waals surface area contributed by atoms with Gasteiger partial charge in [-0.3, -0.25) is 9.69 Å². The Balaban J connectivity index is 1.72. The lowest BCUT2D eigenvalue weighted by Crippen LogP contribution is -2.40. The fourth-order valence-electron chi connectivity index (χ4n) is 4.08. The molecule has 0 radical (unpaired) electrons. The maximum atomic E-state index is 13.3. The predicted octanol–water partition coefficient (Wildman–Crippen LogP) is 4.88. The number of amides is 1. The second kappa shape index (κ2) is 10.3. The first kappa shape index (κ1) is 23.9. The molecule has 0 spiro atoms. The Labute approximate surface area is 203 Å². The highest BCUT2D eigenvalue weighted by Crippen LogP contribution is 2.45. The maximum absolute atomic E-state index is 13.3. The van der Waals surface area contributed by atoms with E-state index in [4.69, 9.17) is 14.2 Å². The van der Waals surface area contributed by atoms with Gasteiger partial charge in [0.1, 0.15) is 6.61 Å². The molecule has 2 unspecified atom stereocenters. The van der Waals surface area contributed by atoms with Crippen LogP contribution in [0.25, 0.3) is 0 Å². The van der Waals surface area contributed by atoms with Gasteiger partial charge in [-0.1, -0.05) is 55.1 Å². The van der Waals surface area contributed by atoms with Gasteiger partial charge in [0.25, 0.3) is 0 Å². The zero-order valence-corrected chi connectivity index (χ0v) is 20.6. The Morgan fingerprint density at radius 2 is 1.88 bits per heavy atom. The molecule has 2 aromatic rings. The van der Waals surface area contributed by atoms with Crippen LogP contribution in [0.4, 0.5) is 0 Å². The minimum atomic E-state index is -0.653. The van der Waals surface area contributed by atoms with Crippen molar-refractivity contribution in [3.63, 3.8) is 0 Å². The molecule has 2 aliphatic rings. The molecule has 2 aliphatic heterocycles. The van der Waals surface area contributed by atoms with E-state index >= 15 is 0 Å². The lowest BCUT2D eigenvalue weighted by Gasteiger charge is -2.33. The number of hydrogen-bond donors (Lipinski definition) is 0. The smallest absolute Gasteiger partial charge is 0.338 e. The van der Waals surface area contributed by atoms with E-state index in [1.165, 1.54) is 11.8 Å². The lowest BCUT2D eigenvalue weighted by atomic mass is 9.94. The Morgan fingerprint density at radius 3 is 2.56 bits per heavy atom. The quantitative estimate of drug-likeness (QED) is 0.502. The predicted molar refractivity (Wildman–Crippen MR) is 132 cm³/mol. The summed E-state index contributed by atoms with van der Waals surface area (Å²) in [6, 6.07) is 14.7. The molecule has 0 N–H and O–H groups in total. The van der Waals surface area contributed by atoms with Crippen LogP contribution < -0.4 is 9.47 Å². The summed E-state index contributed by atoms with van der Waals surface area (Å²) in [5.74, 6) is 0.555. The number of methoxy groups -OCH3 is 1. The lowest BCUT2D eigenvalue weighted by molar-refractivity contribution is -0.139. The van der Waals surface area contributed by atoms with Crippen LogP contribution in [0, 0.1) is 0 Å². The van der Waals surface area contributed by atoms with E-state index in [1.807, 2.05) is 55.5 Å². The summed E-state index contributed by atoms with van der Waals surface area (Å²) in [4.78, 5) is 32.4. The van der Waals surface area contributed by atoms with Crippen molar-refractivity contribution in [2.24, 2.45) is 4.99 Å². The molecule has 8 heteroatoms. The van der Waals surface area contributed by atoms with Gasteiger partial charge >= 0.3 is 5.97 Å². The maximum Gasteiger partial charge on any atom is 0.338 e. The van der Waals surface area contributed by atoms with Crippen molar-refractivity contribution in [3.8, 4) is 11.5 Å². The van der Waals surface area contributed by atoms with Crippen molar-refractivity contribution in [1.29, 1.82) is 0 Å². The molecule has 0 saturated carbocycles. The summed E-state index contributed by atoms with van der Waals surface area (Å²) in [7, 11) is 1.57. The highest BCUT2D eigenvalue weighted by molar-refractivity contribution is 8.15. The van der Waals surface area contributed by atoms with Crippen molar-refractivity contribution < 1.29 is 23.8 Å². The van der Waals surface area contributed by atoms with Crippen LogP contribution in [-0.4, -0.2) is 40.9 Å². The molecule has 4 rings (SSSR count). The molecule has 2 aromatic carbocycles. The van der Waals surface area contributed by atoms with E-state index in [1.54, 1.807) is 25.9 Å². The van der Waals surface area contributed by atoms with Gasteiger partial charge in [0.05, 0.1) is 36.3 Å². The number of nitrogens with zero attached hydrogens (tertiary/aromatic N) is 2. The van der Waals surface area contributed by atoms with E-state index in [2.05, 4.69) is 4.99 Å². The zero-order valence-electron chi connectivity index (χ0n) is 19.7. The Kier molecular flexibility index (Phi) is 7.26. The van der Waals surface area contributed by atoms with Crippen molar-refractivity contribution in [3.05, 3.63) is 70.9 Å². The minimum Gasteiger partial charge on any atom is -0.493 e. The monoisotopic (exact) mass is 480 g/mol. The molecule has 1 saturated heterocycles. The fourth-order valence-corrected chi connectivity index (χ4v) is 5.22. The molecule has 0 aromatic heterocycles. The van der Waals surface area contributed by atoms with Gasteiger partial charge in [-0.15, -0.1) is 0 Å². The van der Waals surface area contributed by atoms with Crippen LogP contribution in [0.1, 0.15) is 44.4 Å². The number of ether oxygens (including phenoxy) is 3. The van der Waals surface area contributed by atoms with Crippen molar-refractivity contribution in [2.45, 2.75) is 45.1 Å². The molecule has 2 heterocycles. The average molecular weight is 481 g/mol. The SMILES string of the molecule is CCOC(=O)C1=C(C)N=C2SC(CC)C(=O)N2C1c1ccc(OCc2ccccc2)c(OC)c1. The van der Waals surface area contributed by atoms with Crippen molar-refractivity contribution in [2.75, 3.05) is 13.7 Å². The summed E-state index contributed by atoms with van der Waals surface area (Å²) in [6.45, 7) is 6.13. The number of amidine groups is 1. The van der Waals surface area contributed by atoms with Crippen molar-refractivity contribution >= 4 is 28.8 Å². The van der Waals surface area contributed by atoms with Crippen LogP contribution >= 0.6 is 11.8 Å². The van der Waals surface area contributed by atoms with Gasteiger partial charge in [-0.05, 0) is 43.5 Å². The third-order valence-electron chi connectivity index (χ3n) is 5.76. The third kappa shape index (κ3) is 4.55. The molecule has 1 amide bonds. The van der Waals surface area contributed by atoms with Gasteiger partial charge in [0.15, 0.2) is 16.7 Å². The van der Waals surface area contributed by atoms with E-state index in [9.17, 15) is 9.59 Å². The summed E-state index contributed by atoms with van der Waals surface area (Å²) in [6.07, 6.45) is 0.676. The van der Waals surface area contributed by atoms with E-state index in [-0.39, 0.29) is 17.8 Å². The number of allylic oxidation sites excluding steroid dienone is 1. The van der Waals surface area contributed by atoms with Gasteiger partial charge < -0.3 is 14.2 Å². The third-order valence-corrected chi connectivity index (χ3v) is 7.08. The van der Waals surface area contributed by atoms with Crippen LogP contribution in [0.3, 0.4) is 0 Å². The van der Waals surface area contributed by atoms with Gasteiger partial charge in [0, 0.05) is 0 Å². The first-order chi connectivity index (χ1) is 16.5. The molecule has 0 bridgehead atoms. The normalized spacial score (nSPS) is 19.6. The highest BCUT2D eigenvalue weighted by Gasteiger charge is 2.47. The number of aliphatic imine (C=N–C) groups is 1. The first-order valence-electron chi connectivity index (χ1n) is 11.3. The largest absolute Gasteiger partial charge is 0.493 e. The number of hydrogen-bond acceptors (Lipinski definition) is 7. The fraction of sp³-hybridized carbons (Fsp3) is 0.346. The summed E-state index contributed by atoms with van der Waals surface area (Å²) in [5, 5.41) is 0.377. The van der Waals surface area contributed by atoms with E-state index in [0.717, 1.165) is 11.1 Å². The highest BCUT2D eigenvalue weighted by atomic mass is 32.2. The van der Waals surface area contributed by atoms with Crippen LogP contribution in [0.5, 0.6) is 11.5 Å². The molecular formula is C26H28N2O5S. The second-order valence-corrected chi connectivity index (χ2v) is 9.09. The molecule has 34 heavy (non-hydrogen) atoms. The minimum absolute atomic E-state index is 0.0612. The molecular weight excluding hydrogens is 452 g/mol. The van der Waals surface area contributed by atoms with Gasteiger partial charge in [-0.2, -0.15) is 0 Å². The number of rotatable bonds is 8. The van der Waals surface area contributed by atoms with Gasteiger partial charge in [-0.25, -0.2) is 9.79 Å². The number of esters is 1. The molecule has 7 nitrogen and oxygen atoms in total. The van der Waals surface area contributed by atoms with Crippen molar-refractivity contribution in [1.82, 2.24) is 4.90 Å². The van der Waals surface area contributed by atoms with Gasteiger partial charge in [0.2, 0.25) is 5.91 Å². The number of carbonyl (C=O) groups excluding carboxylic acids is 2. The Morgan fingerprint density at radius 1 is 1.12 bits per heavy atom. The van der Waals surface area contributed by atoms with Crippen LogP contribution in [0.15, 0.2) is 64.8 Å². The molecule has 0 aliphatic carbocycles. The number of carbonyl (C=O) groups is 2. The molecule has 2 atom stereocenters. The standard InChI is InChI=1S/C26H28N2O5S/c1-5-21-24(29)28-23(22(25(30)32-6-2)16(3)27-26(28)34-21)18-12-13-19(20(14-18)31-4)33-15-17-10-8-7-9-11-17/h7-14,21,23H,5-6,15H2,1-4H3. The number of thioether (sulfide) groups is 1. The summed E-state index contributed by atoms with van der Waals surface area (Å²) < 4.78 is 17.0. The second-order valence-electron chi connectivity index (χ2n) is 7.92. The Hall–Kier alpha value is -3.26. The van der Waals surface area contributed by atoms with E-state index in [0.29, 0.717) is 41.0 Å². The number of benzene rings is 2. The molecule has 178 valence electrons.